The van der Waals surface area contributed by atoms with Crippen molar-refractivity contribution in [3.8, 4) is 11.4 Å². The first kappa shape index (κ1) is 21.7. The number of aromatic nitrogens is 2. The highest BCUT2D eigenvalue weighted by Gasteiger charge is 2.31. The number of hydrogen-bond acceptors (Lipinski definition) is 7. The Balaban J connectivity index is 1.39. The van der Waals surface area contributed by atoms with Crippen molar-refractivity contribution >= 4 is 11.9 Å². The second-order valence-electron chi connectivity index (χ2n) is 7.86. The van der Waals surface area contributed by atoms with Gasteiger partial charge in [0.1, 0.15) is 6.04 Å². The van der Waals surface area contributed by atoms with Gasteiger partial charge in [0, 0.05) is 31.7 Å². The number of urea groups is 1. The molecule has 0 radical (unpaired) electrons. The SMILES string of the molecule is Cc1ccc(-c2noc(CN3CCN(C(C(=O)NC(N)=O)c4ccccc4)CC3)n2)cc1. The van der Waals surface area contributed by atoms with E-state index in [9.17, 15) is 9.59 Å². The van der Waals surface area contributed by atoms with Crippen LogP contribution in [0, 0.1) is 6.92 Å². The minimum absolute atomic E-state index is 0.420. The molecule has 3 aromatic rings. The number of nitrogens with two attached hydrogens (primary N) is 1. The van der Waals surface area contributed by atoms with E-state index in [4.69, 9.17) is 10.3 Å². The molecule has 1 aliphatic rings. The van der Waals surface area contributed by atoms with E-state index in [1.807, 2.05) is 61.5 Å². The third kappa shape index (κ3) is 5.19. The zero-order valence-corrected chi connectivity index (χ0v) is 17.9. The first-order chi connectivity index (χ1) is 15.5. The van der Waals surface area contributed by atoms with Gasteiger partial charge < -0.3 is 10.3 Å². The number of piperazine rings is 1. The standard InChI is InChI=1S/C23H26N6O3/c1-16-7-9-18(10-8-16)21-25-19(32-27-21)15-28-11-13-29(14-12-28)20(22(30)26-23(24)31)17-5-3-2-4-6-17/h2-10,20H,11-15H2,1H3,(H3,24,26,30,31). The zero-order chi connectivity index (χ0) is 22.5. The summed E-state index contributed by atoms with van der Waals surface area (Å²) >= 11 is 0. The first-order valence-corrected chi connectivity index (χ1v) is 10.5. The molecule has 9 nitrogen and oxygen atoms in total. The van der Waals surface area contributed by atoms with E-state index in [1.165, 1.54) is 5.56 Å². The lowest BCUT2D eigenvalue weighted by atomic mass is 10.0. The van der Waals surface area contributed by atoms with Crippen molar-refractivity contribution in [1.29, 1.82) is 0 Å². The molecule has 0 saturated carbocycles. The van der Waals surface area contributed by atoms with Crippen LogP contribution in [0.4, 0.5) is 4.79 Å². The summed E-state index contributed by atoms with van der Waals surface area (Å²) in [5.41, 5.74) is 8.09. The molecule has 0 aliphatic carbocycles. The molecule has 166 valence electrons. The maximum absolute atomic E-state index is 12.7. The van der Waals surface area contributed by atoms with E-state index in [0.717, 1.165) is 24.2 Å². The molecule has 9 heteroatoms. The molecule has 0 bridgehead atoms. The van der Waals surface area contributed by atoms with Crippen LogP contribution in [0.1, 0.15) is 23.1 Å². The highest BCUT2D eigenvalue weighted by Crippen LogP contribution is 2.23. The van der Waals surface area contributed by atoms with Crippen LogP contribution in [-0.4, -0.2) is 58.1 Å². The predicted octanol–water partition coefficient (Wildman–Crippen LogP) is 2.10. The molecule has 1 saturated heterocycles. The summed E-state index contributed by atoms with van der Waals surface area (Å²) in [5, 5.41) is 6.32. The van der Waals surface area contributed by atoms with Gasteiger partial charge in [-0.3, -0.25) is 19.9 Å². The van der Waals surface area contributed by atoms with Gasteiger partial charge in [-0.05, 0) is 12.5 Å². The fourth-order valence-corrected chi connectivity index (χ4v) is 3.86. The molecule has 1 aromatic heterocycles. The lowest BCUT2D eigenvalue weighted by molar-refractivity contribution is -0.126. The molecule has 2 aromatic carbocycles. The van der Waals surface area contributed by atoms with Crippen LogP contribution in [0.15, 0.2) is 59.1 Å². The van der Waals surface area contributed by atoms with Crippen LogP contribution in [0.2, 0.25) is 0 Å². The van der Waals surface area contributed by atoms with Crippen molar-refractivity contribution in [2.45, 2.75) is 19.5 Å². The van der Waals surface area contributed by atoms with Gasteiger partial charge in [0.05, 0.1) is 6.54 Å². The monoisotopic (exact) mass is 434 g/mol. The topological polar surface area (TPSA) is 118 Å². The molecule has 32 heavy (non-hydrogen) atoms. The predicted molar refractivity (Wildman–Crippen MR) is 118 cm³/mol. The molecule has 3 N–H and O–H groups in total. The minimum Gasteiger partial charge on any atom is -0.351 e. The average molecular weight is 435 g/mol. The number of nitrogens with one attached hydrogen (secondary N) is 1. The average Bonchev–Trinajstić information content (AvgIpc) is 3.24. The van der Waals surface area contributed by atoms with Crippen LogP contribution < -0.4 is 11.1 Å². The van der Waals surface area contributed by atoms with Crippen LogP contribution >= 0.6 is 0 Å². The maximum Gasteiger partial charge on any atom is 0.318 e. The summed E-state index contributed by atoms with van der Waals surface area (Å²) in [6.07, 6.45) is 0. The van der Waals surface area contributed by atoms with Gasteiger partial charge in [-0.1, -0.05) is 65.3 Å². The number of imide groups is 1. The van der Waals surface area contributed by atoms with Crippen LogP contribution in [0.3, 0.4) is 0 Å². The number of carbonyl (C=O) groups is 2. The highest BCUT2D eigenvalue weighted by atomic mass is 16.5. The van der Waals surface area contributed by atoms with Crippen molar-refractivity contribution < 1.29 is 14.1 Å². The first-order valence-electron chi connectivity index (χ1n) is 10.5. The minimum atomic E-state index is -0.852. The van der Waals surface area contributed by atoms with Crippen molar-refractivity contribution in [2.75, 3.05) is 26.2 Å². The van der Waals surface area contributed by atoms with Crippen molar-refractivity contribution in [3.63, 3.8) is 0 Å². The van der Waals surface area contributed by atoms with E-state index in [0.29, 0.717) is 31.3 Å². The number of primary amides is 1. The second-order valence-corrected chi connectivity index (χ2v) is 7.86. The summed E-state index contributed by atoms with van der Waals surface area (Å²) in [5.74, 6) is 0.711. The fraction of sp³-hybridized carbons (Fsp3) is 0.304. The molecule has 3 amide bonds. The van der Waals surface area contributed by atoms with Gasteiger partial charge in [0.15, 0.2) is 0 Å². The molecule has 1 unspecified atom stereocenters. The van der Waals surface area contributed by atoms with Gasteiger partial charge in [-0.15, -0.1) is 0 Å². The van der Waals surface area contributed by atoms with E-state index < -0.39 is 18.0 Å². The molecule has 2 heterocycles. The number of aryl methyl sites for hydroxylation is 1. The largest absolute Gasteiger partial charge is 0.351 e. The van der Waals surface area contributed by atoms with Crippen LogP contribution in [-0.2, 0) is 11.3 Å². The number of nitrogens with zero attached hydrogens (tertiary/aromatic N) is 4. The Bertz CT molecular complexity index is 1060. The van der Waals surface area contributed by atoms with E-state index in [2.05, 4.69) is 25.3 Å². The van der Waals surface area contributed by atoms with E-state index in [-0.39, 0.29) is 0 Å². The normalized spacial score (nSPS) is 15.9. The van der Waals surface area contributed by atoms with E-state index >= 15 is 0 Å². The van der Waals surface area contributed by atoms with Crippen LogP contribution in [0.25, 0.3) is 11.4 Å². The molecule has 1 fully saturated rings. The lowest BCUT2D eigenvalue weighted by Crippen LogP contribution is -2.51. The number of rotatable bonds is 6. The number of carbonyl (C=O) groups excluding carboxylic acids is 2. The molecule has 1 aliphatic heterocycles. The fourth-order valence-electron chi connectivity index (χ4n) is 3.86. The summed E-state index contributed by atoms with van der Waals surface area (Å²) in [6, 6.07) is 15.9. The van der Waals surface area contributed by atoms with Gasteiger partial charge in [0.2, 0.25) is 17.6 Å². The Labute approximate surface area is 186 Å². The van der Waals surface area contributed by atoms with Crippen LogP contribution in [0.5, 0.6) is 0 Å². The number of benzene rings is 2. The Morgan fingerprint density at radius 2 is 1.75 bits per heavy atom. The summed E-state index contributed by atoms with van der Waals surface area (Å²) < 4.78 is 5.45. The second kappa shape index (κ2) is 9.71. The Morgan fingerprint density at radius 3 is 2.41 bits per heavy atom. The van der Waals surface area contributed by atoms with Gasteiger partial charge in [0.25, 0.3) is 0 Å². The zero-order valence-electron chi connectivity index (χ0n) is 17.9. The molecular weight excluding hydrogens is 408 g/mol. The molecule has 0 spiro atoms. The number of amides is 3. The van der Waals surface area contributed by atoms with Gasteiger partial charge in [-0.2, -0.15) is 4.98 Å². The smallest absolute Gasteiger partial charge is 0.318 e. The van der Waals surface area contributed by atoms with Gasteiger partial charge >= 0.3 is 6.03 Å². The van der Waals surface area contributed by atoms with Crippen molar-refractivity contribution in [3.05, 3.63) is 71.6 Å². The Hall–Kier alpha value is -3.56. The van der Waals surface area contributed by atoms with Crippen molar-refractivity contribution in [1.82, 2.24) is 25.3 Å². The van der Waals surface area contributed by atoms with Gasteiger partial charge in [-0.25, -0.2) is 4.79 Å². The lowest BCUT2D eigenvalue weighted by Gasteiger charge is -2.38. The quantitative estimate of drug-likeness (QED) is 0.610. The maximum atomic E-state index is 12.7. The molecular formula is C23H26N6O3. The highest BCUT2D eigenvalue weighted by molar-refractivity contribution is 5.96. The third-order valence-corrected chi connectivity index (χ3v) is 5.52. The molecule has 1 atom stereocenters. The van der Waals surface area contributed by atoms with E-state index in [1.54, 1.807) is 0 Å². The summed E-state index contributed by atoms with van der Waals surface area (Å²) in [6.45, 7) is 5.29. The third-order valence-electron chi connectivity index (χ3n) is 5.52. The molecule has 4 rings (SSSR count). The summed E-state index contributed by atoms with van der Waals surface area (Å²) in [7, 11) is 0. The Kier molecular flexibility index (Phi) is 6.58. The summed E-state index contributed by atoms with van der Waals surface area (Å²) in [4.78, 5) is 32.7. The van der Waals surface area contributed by atoms with Crippen molar-refractivity contribution in [2.24, 2.45) is 5.73 Å². The number of hydrogen-bond donors (Lipinski definition) is 2. The Morgan fingerprint density at radius 1 is 1.06 bits per heavy atom.